The highest BCUT2D eigenvalue weighted by atomic mass is 35.5. The molecule has 1 aliphatic rings. The van der Waals surface area contributed by atoms with Gasteiger partial charge in [0.15, 0.2) is 0 Å². The predicted molar refractivity (Wildman–Crippen MR) is 72.8 cm³/mol. The van der Waals surface area contributed by atoms with Gasteiger partial charge in [0.1, 0.15) is 5.02 Å². The average molecular weight is 288 g/mol. The van der Waals surface area contributed by atoms with Gasteiger partial charge >= 0.3 is 0 Å². The van der Waals surface area contributed by atoms with Crippen LogP contribution < -0.4 is 10.9 Å². The van der Waals surface area contributed by atoms with E-state index < -0.39 is 0 Å². The molecule has 0 aromatic carbocycles. The minimum atomic E-state index is -0.315. The first-order valence-electron chi connectivity index (χ1n) is 6.16. The zero-order valence-corrected chi connectivity index (χ0v) is 11.9. The smallest absolute Gasteiger partial charge is 0.287 e. The molecular weight excluding hydrogens is 270 g/mol. The molecule has 0 spiro atoms. The van der Waals surface area contributed by atoms with Crippen molar-refractivity contribution in [2.24, 2.45) is 7.05 Å². The predicted octanol–water partition coefficient (Wildman–Crippen LogP) is 1.04. The summed E-state index contributed by atoms with van der Waals surface area (Å²) in [6.45, 7) is 1.93. The van der Waals surface area contributed by atoms with E-state index in [1.807, 2.05) is 0 Å². The zero-order valence-electron chi connectivity index (χ0n) is 11.1. The Labute approximate surface area is 116 Å². The van der Waals surface area contributed by atoms with Crippen LogP contribution in [0.4, 0.5) is 5.69 Å². The summed E-state index contributed by atoms with van der Waals surface area (Å²) in [5, 5.41) is 7.25. The highest BCUT2D eigenvalue weighted by Gasteiger charge is 2.32. The molecule has 1 aliphatic heterocycles. The molecule has 1 fully saturated rings. The summed E-state index contributed by atoms with van der Waals surface area (Å²) in [7, 11) is 3.25. The van der Waals surface area contributed by atoms with E-state index in [0.717, 1.165) is 12.8 Å². The van der Waals surface area contributed by atoms with Gasteiger partial charge in [-0.05, 0) is 0 Å². The van der Waals surface area contributed by atoms with Crippen LogP contribution in [0.1, 0.15) is 12.8 Å². The van der Waals surface area contributed by atoms with Crippen LogP contribution in [0.3, 0.4) is 0 Å². The first kappa shape index (κ1) is 14.3. The minimum absolute atomic E-state index is 0.149. The van der Waals surface area contributed by atoms with Crippen molar-refractivity contribution in [3.63, 3.8) is 0 Å². The standard InChI is InChI=1S/C12H18ClN3O3/c1-16-11(17)10(13)9(7-15-16)14-8-12(18-2)3-5-19-6-4-12/h7,14H,3-6,8H2,1-2H3. The van der Waals surface area contributed by atoms with Crippen molar-refractivity contribution in [3.05, 3.63) is 21.6 Å². The van der Waals surface area contributed by atoms with Gasteiger partial charge in [0.25, 0.3) is 5.56 Å². The van der Waals surface area contributed by atoms with E-state index in [4.69, 9.17) is 21.1 Å². The SMILES string of the molecule is COC1(CNc2cnn(C)c(=O)c2Cl)CCOCC1. The van der Waals surface area contributed by atoms with Crippen LogP contribution in [0, 0.1) is 0 Å². The van der Waals surface area contributed by atoms with Gasteiger partial charge in [-0.3, -0.25) is 4.79 Å². The fraction of sp³-hybridized carbons (Fsp3) is 0.667. The van der Waals surface area contributed by atoms with Crippen molar-refractivity contribution in [3.8, 4) is 0 Å². The Morgan fingerprint density at radius 2 is 2.26 bits per heavy atom. The Morgan fingerprint density at radius 3 is 2.89 bits per heavy atom. The molecule has 0 unspecified atom stereocenters. The average Bonchev–Trinajstić information content (AvgIpc) is 2.45. The maximum atomic E-state index is 11.7. The minimum Gasteiger partial charge on any atom is -0.381 e. The van der Waals surface area contributed by atoms with Gasteiger partial charge in [-0.1, -0.05) is 11.6 Å². The number of aromatic nitrogens is 2. The number of halogens is 1. The number of nitrogens with zero attached hydrogens (tertiary/aromatic N) is 2. The summed E-state index contributed by atoms with van der Waals surface area (Å²) < 4.78 is 12.1. The molecule has 1 aromatic heterocycles. The number of nitrogens with one attached hydrogen (secondary N) is 1. The normalized spacial score (nSPS) is 18.3. The number of methoxy groups -OCH3 is 1. The number of hydrogen-bond donors (Lipinski definition) is 1. The van der Waals surface area contributed by atoms with Crippen LogP contribution in [0.2, 0.25) is 5.02 Å². The number of hydrogen-bond acceptors (Lipinski definition) is 5. The van der Waals surface area contributed by atoms with E-state index in [2.05, 4.69) is 10.4 Å². The molecule has 0 saturated carbocycles. The van der Waals surface area contributed by atoms with Crippen molar-refractivity contribution in [1.82, 2.24) is 9.78 Å². The Bertz CT molecular complexity index is 497. The van der Waals surface area contributed by atoms with E-state index in [1.165, 1.54) is 4.68 Å². The maximum Gasteiger partial charge on any atom is 0.287 e. The molecule has 1 N–H and O–H groups in total. The van der Waals surface area contributed by atoms with Crippen LogP contribution in [-0.2, 0) is 16.5 Å². The highest BCUT2D eigenvalue weighted by molar-refractivity contribution is 6.32. The molecule has 2 rings (SSSR count). The molecule has 106 valence electrons. The van der Waals surface area contributed by atoms with Crippen molar-refractivity contribution in [2.75, 3.05) is 32.2 Å². The van der Waals surface area contributed by atoms with Crippen molar-refractivity contribution < 1.29 is 9.47 Å². The largest absolute Gasteiger partial charge is 0.381 e. The van der Waals surface area contributed by atoms with Gasteiger partial charge in [-0.25, -0.2) is 4.68 Å². The molecular formula is C12H18ClN3O3. The van der Waals surface area contributed by atoms with Crippen LogP contribution in [0.15, 0.2) is 11.0 Å². The molecule has 0 bridgehead atoms. The van der Waals surface area contributed by atoms with Gasteiger partial charge in [-0.15, -0.1) is 0 Å². The lowest BCUT2D eigenvalue weighted by Gasteiger charge is -2.36. The van der Waals surface area contributed by atoms with E-state index >= 15 is 0 Å². The fourth-order valence-corrected chi connectivity index (χ4v) is 2.32. The summed E-state index contributed by atoms with van der Waals surface area (Å²) in [4.78, 5) is 11.7. The van der Waals surface area contributed by atoms with Gasteiger partial charge < -0.3 is 14.8 Å². The summed E-state index contributed by atoms with van der Waals surface area (Å²) in [6.07, 6.45) is 3.17. The Morgan fingerprint density at radius 1 is 1.58 bits per heavy atom. The van der Waals surface area contributed by atoms with Gasteiger partial charge in [0.05, 0.1) is 17.5 Å². The van der Waals surface area contributed by atoms with Gasteiger partial charge in [0.2, 0.25) is 0 Å². The number of anilines is 1. The van der Waals surface area contributed by atoms with Crippen molar-refractivity contribution >= 4 is 17.3 Å². The third-order valence-corrected chi connectivity index (χ3v) is 3.88. The molecule has 2 heterocycles. The quantitative estimate of drug-likeness (QED) is 0.896. The molecule has 6 nitrogen and oxygen atoms in total. The summed E-state index contributed by atoms with van der Waals surface area (Å²) in [5.41, 5.74) is -0.0550. The monoisotopic (exact) mass is 287 g/mol. The Kier molecular flexibility index (Phi) is 4.44. The second-order valence-corrected chi connectivity index (χ2v) is 5.03. The van der Waals surface area contributed by atoms with E-state index in [9.17, 15) is 4.79 Å². The Balaban J connectivity index is 2.09. The second-order valence-electron chi connectivity index (χ2n) is 4.65. The van der Waals surface area contributed by atoms with E-state index in [1.54, 1.807) is 20.4 Å². The first-order valence-corrected chi connectivity index (χ1v) is 6.54. The summed E-state index contributed by atoms with van der Waals surface area (Å²) >= 11 is 6.00. The van der Waals surface area contributed by atoms with Crippen LogP contribution in [-0.4, -0.2) is 42.2 Å². The molecule has 1 aromatic rings. The van der Waals surface area contributed by atoms with Crippen molar-refractivity contribution in [2.45, 2.75) is 18.4 Å². The molecule has 7 heteroatoms. The van der Waals surface area contributed by atoms with Crippen molar-refractivity contribution in [1.29, 1.82) is 0 Å². The number of ether oxygens (including phenoxy) is 2. The molecule has 0 aliphatic carbocycles. The topological polar surface area (TPSA) is 65.4 Å². The Hall–Kier alpha value is -1.11. The zero-order chi connectivity index (χ0) is 13.9. The molecule has 0 atom stereocenters. The molecule has 0 radical (unpaired) electrons. The summed E-state index contributed by atoms with van der Waals surface area (Å²) in [6, 6.07) is 0. The maximum absolute atomic E-state index is 11.7. The number of rotatable bonds is 4. The molecule has 0 amide bonds. The van der Waals surface area contributed by atoms with Crippen LogP contribution in [0.5, 0.6) is 0 Å². The van der Waals surface area contributed by atoms with E-state index in [-0.39, 0.29) is 16.2 Å². The van der Waals surface area contributed by atoms with Gasteiger partial charge in [0, 0.05) is 46.8 Å². The highest BCUT2D eigenvalue weighted by Crippen LogP contribution is 2.26. The lowest BCUT2D eigenvalue weighted by Crippen LogP contribution is -2.44. The number of aryl methyl sites for hydroxylation is 1. The second kappa shape index (κ2) is 5.90. The third-order valence-electron chi connectivity index (χ3n) is 3.52. The first-order chi connectivity index (χ1) is 9.08. The third kappa shape index (κ3) is 3.08. The summed E-state index contributed by atoms with van der Waals surface area (Å²) in [5.74, 6) is 0. The van der Waals surface area contributed by atoms with Crippen LogP contribution in [0.25, 0.3) is 0 Å². The molecule has 19 heavy (non-hydrogen) atoms. The lowest BCUT2D eigenvalue weighted by molar-refractivity contribution is -0.0807. The molecule has 1 saturated heterocycles. The van der Waals surface area contributed by atoms with Crippen LogP contribution >= 0.6 is 11.6 Å². The van der Waals surface area contributed by atoms with Gasteiger partial charge in [-0.2, -0.15) is 5.10 Å². The lowest BCUT2D eigenvalue weighted by atomic mass is 9.94. The van der Waals surface area contributed by atoms with E-state index in [0.29, 0.717) is 25.4 Å². The fourth-order valence-electron chi connectivity index (χ4n) is 2.09.